The van der Waals surface area contributed by atoms with Gasteiger partial charge in [-0.05, 0) is 103 Å². The molecular formula is C42H37N2O2PS2. The summed E-state index contributed by atoms with van der Waals surface area (Å²) in [6.07, 6.45) is 0. The van der Waals surface area contributed by atoms with Crippen molar-refractivity contribution in [1.29, 1.82) is 1.28 Å². The van der Waals surface area contributed by atoms with Gasteiger partial charge in [-0.1, -0.05) is 112 Å². The topological polar surface area (TPSA) is 40.6 Å². The summed E-state index contributed by atoms with van der Waals surface area (Å²) < 4.78 is 33.9. The molecule has 49 heavy (non-hydrogen) atoms. The van der Waals surface area contributed by atoms with Gasteiger partial charge in [0.2, 0.25) is 9.84 Å². The van der Waals surface area contributed by atoms with Crippen molar-refractivity contribution in [3.8, 4) is 0 Å². The quantitative estimate of drug-likeness (QED) is 0.172. The van der Waals surface area contributed by atoms with Gasteiger partial charge in [0.15, 0.2) is 0 Å². The first-order chi connectivity index (χ1) is 24.0. The highest BCUT2D eigenvalue weighted by molar-refractivity contribution is 7.91. The molecule has 0 fully saturated rings. The molecule has 0 amide bonds. The van der Waals surface area contributed by atoms with Crippen LogP contribution in [-0.2, 0) is 32.5 Å². The highest BCUT2D eigenvalue weighted by Gasteiger charge is 2.38. The van der Waals surface area contributed by atoms with E-state index >= 15 is 0 Å². The fourth-order valence-corrected chi connectivity index (χ4v) is 8.84. The van der Waals surface area contributed by atoms with Gasteiger partial charge in [-0.3, -0.25) is 0 Å². The molecule has 244 valence electrons. The molecule has 4 nitrogen and oxygen atoms in total. The molecule has 0 bridgehead atoms. The van der Waals surface area contributed by atoms with Crippen molar-refractivity contribution >= 4 is 63.7 Å². The molecule has 7 heteroatoms. The number of para-hydroxylation sites is 4. The van der Waals surface area contributed by atoms with Crippen LogP contribution in [-0.4, -0.2) is 9.70 Å². The second-order valence-corrected chi connectivity index (χ2v) is 15.4. The van der Waals surface area contributed by atoms with Gasteiger partial charge in [-0.15, -0.1) is 0 Å². The van der Waals surface area contributed by atoms with E-state index in [2.05, 4.69) is 146 Å². The molecule has 0 aromatic heterocycles. The van der Waals surface area contributed by atoms with Crippen molar-refractivity contribution in [2.24, 2.45) is 0 Å². The lowest BCUT2D eigenvalue weighted by atomic mass is 9.73. The highest BCUT2D eigenvalue weighted by atomic mass is 32.4. The third-order valence-corrected chi connectivity index (χ3v) is 11.9. The predicted molar refractivity (Wildman–Crippen MR) is 208 cm³/mol. The van der Waals surface area contributed by atoms with Gasteiger partial charge in [0, 0.05) is 22.2 Å². The van der Waals surface area contributed by atoms with Gasteiger partial charge in [0.25, 0.3) is 0 Å². The van der Waals surface area contributed by atoms with E-state index in [1.54, 1.807) is 24.3 Å². The number of hydrogen-bond acceptors (Lipinski definition) is 5. The van der Waals surface area contributed by atoms with Crippen LogP contribution in [0, 0.1) is 0 Å². The van der Waals surface area contributed by atoms with Gasteiger partial charge in [-0.2, -0.15) is 0 Å². The minimum absolute atomic E-state index is 0.159. The lowest BCUT2D eigenvalue weighted by molar-refractivity contribution is 0.596. The number of hydrogen-bond donors (Lipinski definition) is 0. The number of nitrogens with zero attached hydrogens (tertiary/aromatic N) is 2. The maximum absolute atomic E-state index is 13.9. The third kappa shape index (κ3) is 5.21. The molecule has 6 aromatic carbocycles. The van der Waals surface area contributed by atoms with Gasteiger partial charge in [-0.25, -0.2) is 8.42 Å². The van der Waals surface area contributed by atoms with E-state index < -0.39 is 9.84 Å². The van der Waals surface area contributed by atoms with E-state index in [0.717, 1.165) is 34.1 Å². The fourth-order valence-electron chi connectivity index (χ4n) is 7.58. The van der Waals surface area contributed by atoms with Gasteiger partial charge >= 0.3 is 0 Å². The molecule has 0 saturated carbocycles. The summed E-state index contributed by atoms with van der Waals surface area (Å²) in [4.78, 5) is 5.00. The number of sulfone groups is 1. The summed E-state index contributed by atoms with van der Waals surface area (Å²) in [5, 5.41) is 0. The van der Waals surface area contributed by atoms with Crippen LogP contribution in [0.1, 0.15) is 49.9 Å². The van der Waals surface area contributed by atoms with Gasteiger partial charge in [0.1, 0.15) is 1.28 Å². The highest BCUT2D eigenvalue weighted by Crippen LogP contribution is 2.53. The van der Waals surface area contributed by atoms with Crippen LogP contribution in [0.2, 0.25) is 0 Å². The van der Waals surface area contributed by atoms with Gasteiger partial charge in [0.05, 0.1) is 32.5 Å². The molecule has 0 unspecified atom stereocenters. The SMILES string of the molecule is CC1(C)c2ccccc2N(c2ccc(S(=O)(=O)c3ccc(N4c5ccccc5C(C)(C)c5ccccc54)cc3)cc2)c2ccccc21.[2H]P=S. The zero-order chi connectivity index (χ0) is 35.3. The number of benzene rings is 6. The molecular weight excluding hydrogens is 660 g/mol. The maximum atomic E-state index is 13.9. The maximum Gasteiger partial charge on any atom is 0.206 e. The van der Waals surface area contributed by atoms with Crippen molar-refractivity contribution in [1.82, 2.24) is 0 Å². The van der Waals surface area contributed by atoms with Crippen LogP contribution < -0.4 is 9.80 Å². The van der Waals surface area contributed by atoms with E-state index in [-0.39, 0.29) is 28.6 Å². The lowest BCUT2D eigenvalue weighted by Gasteiger charge is -2.42. The second kappa shape index (κ2) is 12.4. The van der Waals surface area contributed by atoms with Crippen molar-refractivity contribution in [2.45, 2.75) is 48.3 Å². The van der Waals surface area contributed by atoms with Crippen LogP contribution in [0.5, 0.6) is 0 Å². The van der Waals surface area contributed by atoms with Crippen molar-refractivity contribution in [2.75, 3.05) is 9.80 Å². The first-order valence-electron chi connectivity index (χ1n) is 16.7. The smallest absolute Gasteiger partial charge is 0.206 e. The first-order valence-corrected chi connectivity index (χ1v) is 19.2. The Balaban J connectivity index is 0.00000126. The average molecular weight is 698 g/mol. The Kier molecular flexibility index (Phi) is 7.99. The fraction of sp³-hybridized carbons (Fsp3) is 0.143. The summed E-state index contributed by atoms with van der Waals surface area (Å²) in [6, 6.07) is 48.4. The Morgan fingerprint density at radius 1 is 0.490 bits per heavy atom. The van der Waals surface area contributed by atoms with Crippen LogP contribution in [0.25, 0.3) is 0 Å². The largest absolute Gasteiger partial charge is 0.310 e. The van der Waals surface area contributed by atoms with Crippen molar-refractivity contribution in [3.05, 3.63) is 168 Å². The predicted octanol–water partition coefficient (Wildman–Crippen LogP) is 11.3. The number of anilines is 6. The molecule has 8 rings (SSSR count). The van der Waals surface area contributed by atoms with E-state index in [1.807, 2.05) is 24.3 Å². The minimum atomic E-state index is -3.75. The van der Waals surface area contributed by atoms with Crippen molar-refractivity contribution < 1.29 is 8.42 Å². The summed E-state index contributed by atoms with van der Waals surface area (Å²) in [5.41, 5.74) is 10.9. The summed E-state index contributed by atoms with van der Waals surface area (Å²) in [6.45, 7) is 9.03. The zero-order valence-corrected chi connectivity index (χ0v) is 30.4. The Bertz CT molecular complexity index is 2080. The second-order valence-electron chi connectivity index (χ2n) is 13.5. The van der Waals surface area contributed by atoms with Crippen molar-refractivity contribution in [3.63, 3.8) is 0 Å². The number of fused-ring (bicyclic) bond motifs is 4. The van der Waals surface area contributed by atoms with Crippen LogP contribution in [0.3, 0.4) is 0 Å². The van der Waals surface area contributed by atoms with E-state index in [9.17, 15) is 8.42 Å². The molecule has 0 aliphatic carbocycles. The van der Waals surface area contributed by atoms with Crippen LogP contribution in [0.4, 0.5) is 34.1 Å². The Hall–Kier alpha value is -4.61. The summed E-state index contributed by atoms with van der Waals surface area (Å²) in [5.74, 6) is 0. The van der Waals surface area contributed by atoms with E-state index in [1.165, 1.54) is 22.3 Å². The summed E-state index contributed by atoms with van der Waals surface area (Å²) >= 11 is 4.03. The monoisotopic (exact) mass is 697 g/mol. The van der Waals surface area contributed by atoms with E-state index in [4.69, 9.17) is 1.28 Å². The number of rotatable bonds is 4. The Morgan fingerprint density at radius 2 is 0.735 bits per heavy atom. The lowest BCUT2D eigenvalue weighted by Crippen LogP contribution is -2.30. The molecule has 0 saturated heterocycles. The normalized spacial score (nSPS) is 15.5. The Morgan fingerprint density at radius 3 is 1.00 bits per heavy atom. The molecule has 2 aliphatic heterocycles. The van der Waals surface area contributed by atoms with Gasteiger partial charge < -0.3 is 9.80 Å². The third-order valence-electron chi connectivity index (χ3n) is 10.1. The summed E-state index contributed by atoms with van der Waals surface area (Å²) in [7, 11) is -3.50. The van der Waals surface area contributed by atoms with Crippen LogP contribution in [0.15, 0.2) is 155 Å². The molecule has 0 N–H and O–H groups in total. The first kappa shape index (κ1) is 31.6. The molecule has 2 heterocycles. The van der Waals surface area contributed by atoms with Crippen LogP contribution >= 0.6 is 7.96 Å². The molecule has 0 atom stereocenters. The minimum Gasteiger partial charge on any atom is -0.310 e. The zero-order valence-electron chi connectivity index (χ0n) is 28.8. The molecule has 6 aromatic rings. The standard InChI is InChI=1S/C42H36N2O2S.HPS/c1-41(2)33-13-5-9-17-37(33)43(38-18-10-6-14-34(38)41)29-21-25-31(26-22-29)47(45,46)32-27-23-30(24-28-32)44-39-19-11-7-15-35(39)42(3,4)36-16-8-12-20-40(36)44;1-2/h5-28H,1-4H3;1H/i;1D. The molecule has 2 aliphatic rings. The van der Waals surface area contributed by atoms with E-state index in [0.29, 0.717) is 0 Å². The molecule has 0 spiro atoms. The molecule has 0 radical (unpaired) electrons. The average Bonchev–Trinajstić information content (AvgIpc) is 3.13. The Labute approximate surface area is 298 Å².